The lowest BCUT2D eigenvalue weighted by Gasteiger charge is -2.22. The molecule has 1 N–H and O–H groups in total. The van der Waals surface area contributed by atoms with E-state index in [4.69, 9.17) is 9.72 Å². The predicted octanol–water partition coefficient (Wildman–Crippen LogP) is 2.67. The lowest BCUT2D eigenvalue weighted by Crippen LogP contribution is -2.15. The third kappa shape index (κ3) is 2.16. The van der Waals surface area contributed by atoms with Crippen LogP contribution in [0.15, 0.2) is 24.5 Å². The van der Waals surface area contributed by atoms with Crippen molar-refractivity contribution in [1.29, 1.82) is 0 Å². The van der Waals surface area contributed by atoms with E-state index in [0.29, 0.717) is 5.92 Å². The van der Waals surface area contributed by atoms with Gasteiger partial charge >= 0.3 is 0 Å². The number of ether oxygens (including phenoxy) is 1. The van der Waals surface area contributed by atoms with Crippen molar-refractivity contribution in [3.8, 4) is 11.3 Å². The highest BCUT2D eigenvalue weighted by molar-refractivity contribution is 5.61. The van der Waals surface area contributed by atoms with Crippen LogP contribution in [0.3, 0.4) is 0 Å². The van der Waals surface area contributed by atoms with Crippen LogP contribution in [0.4, 0.5) is 0 Å². The molecule has 0 bridgehead atoms. The Hall–Kier alpha value is -1.68. The Morgan fingerprint density at radius 1 is 1.28 bits per heavy atom. The van der Waals surface area contributed by atoms with E-state index >= 15 is 0 Å². The lowest BCUT2D eigenvalue weighted by atomic mass is 9.95. The Morgan fingerprint density at radius 2 is 2.11 bits per heavy atom. The first-order chi connectivity index (χ1) is 8.84. The molecule has 2 aromatic heterocycles. The van der Waals surface area contributed by atoms with Gasteiger partial charge in [-0.2, -0.15) is 5.10 Å². The van der Waals surface area contributed by atoms with E-state index < -0.39 is 0 Å². The van der Waals surface area contributed by atoms with Crippen molar-refractivity contribution in [2.75, 3.05) is 13.2 Å². The summed E-state index contributed by atoms with van der Waals surface area (Å²) in [5.74, 6) is 0.532. The van der Waals surface area contributed by atoms with Gasteiger partial charge in [-0.05, 0) is 31.4 Å². The number of aromatic nitrogens is 3. The Kier molecular flexibility index (Phi) is 3.11. The standard InChI is InChI=1S/C14H17N3O/c1-10-2-3-13(11-4-6-18-7-5-11)17-14(10)12-8-15-16-9-12/h2-3,8-9,11H,4-7H2,1H3,(H,15,16). The third-order valence-electron chi connectivity index (χ3n) is 3.53. The zero-order valence-electron chi connectivity index (χ0n) is 10.5. The minimum Gasteiger partial charge on any atom is -0.381 e. The van der Waals surface area contributed by atoms with Gasteiger partial charge in [0.05, 0.1) is 11.9 Å². The number of aromatic amines is 1. The molecule has 0 amide bonds. The van der Waals surface area contributed by atoms with Crippen LogP contribution in [-0.4, -0.2) is 28.4 Å². The molecule has 4 heteroatoms. The molecule has 3 heterocycles. The first kappa shape index (κ1) is 11.4. The van der Waals surface area contributed by atoms with Crippen LogP contribution in [0, 0.1) is 6.92 Å². The van der Waals surface area contributed by atoms with Gasteiger partial charge in [0.25, 0.3) is 0 Å². The molecule has 0 spiro atoms. The number of nitrogens with one attached hydrogen (secondary N) is 1. The zero-order chi connectivity index (χ0) is 12.4. The molecule has 0 saturated carbocycles. The number of H-pyrrole nitrogens is 1. The second-order valence-electron chi connectivity index (χ2n) is 4.78. The summed E-state index contributed by atoms with van der Waals surface area (Å²) in [5, 5.41) is 6.84. The zero-order valence-corrected chi connectivity index (χ0v) is 10.5. The van der Waals surface area contributed by atoms with Gasteiger partial charge in [-0.15, -0.1) is 0 Å². The molecule has 1 fully saturated rings. The van der Waals surface area contributed by atoms with E-state index in [-0.39, 0.29) is 0 Å². The smallest absolute Gasteiger partial charge is 0.0765 e. The quantitative estimate of drug-likeness (QED) is 0.882. The maximum absolute atomic E-state index is 5.40. The first-order valence-corrected chi connectivity index (χ1v) is 6.39. The molecule has 0 unspecified atom stereocenters. The molecule has 18 heavy (non-hydrogen) atoms. The molecule has 0 aromatic carbocycles. The summed E-state index contributed by atoms with van der Waals surface area (Å²) in [5.41, 5.74) is 4.46. The molecule has 4 nitrogen and oxygen atoms in total. The van der Waals surface area contributed by atoms with Crippen molar-refractivity contribution in [2.24, 2.45) is 0 Å². The summed E-state index contributed by atoms with van der Waals surface area (Å²) in [6.45, 7) is 3.78. The average Bonchev–Trinajstić information content (AvgIpc) is 2.94. The Morgan fingerprint density at radius 3 is 2.83 bits per heavy atom. The van der Waals surface area contributed by atoms with Crippen molar-refractivity contribution in [1.82, 2.24) is 15.2 Å². The normalized spacial score (nSPS) is 16.9. The molecule has 3 rings (SSSR count). The summed E-state index contributed by atoms with van der Waals surface area (Å²) >= 11 is 0. The van der Waals surface area contributed by atoms with Crippen molar-refractivity contribution >= 4 is 0 Å². The maximum Gasteiger partial charge on any atom is 0.0765 e. The number of aryl methyl sites for hydroxylation is 1. The molecule has 0 radical (unpaired) electrons. The van der Waals surface area contributed by atoms with E-state index in [1.807, 2.05) is 12.4 Å². The second kappa shape index (κ2) is 4.90. The number of nitrogens with zero attached hydrogens (tertiary/aromatic N) is 2. The number of hydrogen-bond donors (Lipinski definition) is 1. The topological polar surface area (TPSA) is 50.8 Å². The van der Waals surface area contributed by atoms with Crippen molar-refractivity contribution < 1.29 is 4.74 Å². The summed E-state index contributed by atoms with van der Waals surface area (Å²) in [6.07, 6.45) is 5.86. The Bertz CT molecular complexity index is 516. The first-order valence-electron chi connectivity index (χ1n) is 6.39. The van der Waals surface area contributed by atoms with E-state index in [1.165, 1.54) is 11.3 Å². The van der Waals surface area contributed by atoms with Gasteiger partial charge in [0.15, 0.2) is 0 Å². The fourth-order valence-corrected chi connectivity index (χ4v) is 2.44. The minimum absolute atomic E-state index is 0.532. The Balaban J connectivity index is 1.95. The fraction of sp³-hybridized carbons (Fsp3) is 0.429. The fourth-order valence-electron chi connectivity index (χ4n) is 2.44. The molecule has 94 valence electrons. The highest BCUT2D eigenvalue weighted by atomic mass is 16.5. The molecule has 0 aliphatic carbocycles. The van der Waals surface area contributed by atoms with E-state index in [1.54, 1.807) is 0 Å². The molecule has 1 aliphatic rings. The van der Waals surface area contributed by atoms with Crippen molar-refractivity contribution in [2.45, 2.75) is 25.7 Å². The predicted molar refractivity (Wildman–Crippen MR) is 69.3 cm³/mol. The van der Waals surface area contributed by atoms with Gasteiger partial charge in [-0.3, -0.25) is 10.1 Å². The SMILES string of the molecule is Cc1ccc(C2CCOCC2)nc1-c1cn[nH]c1. The van der Waals surface area contributed by atoms with Crippen LogP contribution in [-0.2, 0) is 4.74 Å². The average molecular weight is 243 g/mol. The summed E-state index contributed by atoms with van der Waals surface area (Å²) in [6, 6.07) is 4.30. The van der Waals surface area contributed by atoms with Crippen LogP contribution in [0.5, 0.6) is 0 Å². The largest absolute Gasteiger partial charge is 0.381 e. The van der Waals surface area contributed by atoms with E-state index in [9.17, 15) is 0 Å². The molecule has 2 aromatic rings. The van der Waals surface area contributed by atoms with E-state index in [0.717, 1.165) is 37.3 Å². The summed E-state index contributed by atoms with van der Waals surface area (Å²) in [7, 11) is 0. The van der Waals surface area contributed by atoms with Gasteiger partial charge in [0.1, 0.15) is 0 Å². The Labute approximate surface area is 106 Å². The number of hydrogen-bond acceptors (Lipinski definition) is 3. The van der Waals surface area contributed by atoms with Gasteiger partial charge in [-0.25, -0.2) is 0 Å². The van der Waals surface area contributed by atoms with Gasteiger partial charge < -0.3 is 4.74 Å². The van der Waals surface area contributed by atoms with Crippen LogP contribution in [0.25, 0.3) is 11.3 Å². The summed E-state index contributed by atoms with van der Waals surface area (Å²) < 4.78 is 5.40. The van der Waals surface area contributed by atoms with Gasteiger partial charge in [0.2, 0.25) is 0 Å². The maximum atomic E-state index is 5.40. The molecule has 1 aliphatic heterocycles. The van der Waals surface area contributed by atoms with Crippen molar-refractivity contribution in [3.63, 3.8) is 0 Å². The second-order valence-corrected chi connectivity index (χ2v) is 4.78. The number of rotatable bonds is 2. The van der Waals surface area contributed by atoms with E-state index in [2.05, 4.69) is 29.3 Å². The van der Waals surface area contributed by atoms with Crippen LogP contribution in [0.1, 0.15) is 30.0 Å². The van der Waals surface area contributed by atoms with Gasteiger partial charge in [0, 0.05) is 36.6 Å². The third-order valence-corrected chi connectivity index (χ3v) is 3.53. The van der Waals surface area contributed by atoms with Gasteiger partial charge in [-0.1, -0.05) is 6.07 Å². The molecule has 1 saturated heterocycles. The van der Waals surface area contributed by atoms with Crippen LogP contribution < -0.4 is 0 Å². The number of pyridine rings is 1. The molecular weight excluding hydrogens is 226 g/mol. The van der Waals surface area contributed by atoms with Crippen LogP contribution in [0.2, 0.25) is 0 Å². The molecule has 0 atom stereocenters. The molecular formula is C14H17N3O. The lowest BCUT2D eigenvalue weighted by molar-refractivity contribution is 0.0845. The van der Waals surface area contributed by atoms with Crippen molar-refractivity contribution in [3.05, 3.63) is 35.8 Å². The summed E-state index contributed by atoms with van der Waals surface area (Å²) in [4.78, 5) is 4.82. The van der Waals surface area contributed by atoms with Crippen LogP contribution >= 0.6 is 0 Å². The highest BCUT2D eigenvalue weighted by Gasteiger charge is 2.18. The minimum atomic E-state index is 0.532. The monoisotopic (exact) mass is 243 g/mol. The highest BCUT2D eigenvalue weighted by Crippen LogP contribution is 2.28.